The molecule has 3 aromatic heterocycles. The molecule has 1 aliphatic rings. The van der Waals surface area contributed by atoms with E-state index in [1.807, 2.05) is 18.7 Å². The Morgan fingerprint density at radius 2 is 2.04 bits per heavy atom. The Balaban J connectivity index is 1.62. The number of H-pyrrole nitrogens is 1. The second-order valence-corrected chi connectivity index (χ2v) is 6.40. The van der Waals surface area contributed by atoms with Gasteiger partial charge in [0.1, 0.15) is 12.1 Å². The Morgan fingerprint density at radius 1 is 1.17 bits per heavy atom. The molecule has 0 atom stereocenters. The lowest BCUT2D eigenvalue weighted by Crippen LogP contribution is -2.31. The Kier molecular flexibility index (Phi) is 2.71. The summed E-state index contributed by atoms with van der Waals surface area (Å²) < 4.78 is 1.83. The summed E-state index contributed by atoms with van der Waals surface area (Å²) >= 11 is 0. The predicted octanol–water partition coefficient (Wildman–Crippen LogP) is 2.72. The van der Waals surface area contributed by atoms with E-state index in [0.29, 0.717) is 0 Å². The highest BCUT2D eigenvalue weighted by atomic mass is 15.3. The van der Waals surface area contributed by atoms with Gasteiger partial charge in [-0.1, -0.05) is 18.2 Å². The molecule has 6 nitrogen and oxygen atoms in total. The summed E-state index contributed by atoms with van der Waals surface area (Å²) in [5, 5.41) is 6.90. The third-order valence-corrected chi connectivity index (χ3v) is 4.96. The van der Waals surface area contributed by atoms with Gasteiger partial charge in [0.25, 0.3) is 0 Å². The minimum atomic E-state index is 0.838. The van der Waals surface area contributed by atoms with Crippen LogP contribution in [0.5, 0.6) is 0 Å². The molecule has 0 bridgehead atoms. The van der Waals surface area contributed by atoms with Gasteiger partial charge >= 0.3 is 0 Å². The highest BCUT2D eigenvalue weighted by Crippen LogP contribution is 2.32. The molecule has 1 aliphatic heterocycles. The van der Waals surface area contributed by atoms with E-state index in [9.17, 15) is 0 Å². The highest BCUT2D eigenvalue weighted by molar-refractivity contribution is 5.90. The summed E-state index contributed by atoms with van der Waals surface area (Å²) in [6.07, 6.45) is 2.66. The second kappa shape index (κ2) is 4.80. The van der Waals surface area contributed by atoms with Crippen molar-refractivity contribution in [1.29, 1.82) is 0 Å². The molecule has 0 spiro atoms. The molecule has 0 amide bonds. The number of aryl methyl sites for hydroxylation is 2. The van der Waals surface area contributed by atoms with Gasteiger partial charge in [-0.15, -0.1) is 0 Å². The normalized spacial score (nSPS) is 14.5. The van der Waals surface area contributed by atoms with Crippen LogP contribution in [-0.4, -0.2) is 31.3 Å². The number of benzene rings is 1. The van der Waals surface area contributed by atoms with Crippen LogP contribution in [0.2, 0.25) is 0 Å². The summed E-state index contributed by atoms with van der Waals surface area (Å²) in [6.45, 7) is 3.81. The molecule has 1 aromatic carbocycles. The van der Waals surface area contributed by atoms with Crippen molar-refractivity contribution in [3.63, 3.8) is 0 Å². The van der Waals surface area contributed by atoms with E-state index in [1.54, 1.807) is 6.33 Å². The molecule has 6 heteroatoms. The maximum Gasteiger partial charge on any atom is 0.163 e. The minimum absolute atomic E-state index is 0.838. The van der Waals surface area contributed by atoms with E-state index in [0.717, 1.165) is 42.1 Å². The van der Waals surface area contributed by atoms with Crippen LogP contribution in [-0.2, 0) is 20.0 Å². The number of nitrogens with one attached hydrogen (secondary N) is 1. The molecule has 0 fully saturated rings. The third kappa shape index (κ3) is 1.79. The summed E-state index contributed by atoms with van der Waals surface area (Å²) in [5.74, 6) is 0.981. The number of hydrogen-bond acceptors (Lipinski definition) is 4. The van der Waals surface area contributed by atoms with Crippen molar-refractivity contribution in [3.8, 4) is 0 Å². The average molecular weight is 318 g/mol. The van der Waals surface area contributed by atoms with Gasteiger partial charge in [-0.25, -0.2) is 9.97 Å². The van der Waals surface area contributed by atoms with Crippen molar-refractivity contribution in [2.45, 2.75) is 19.9 Å². The number of para-hydroxylation sites is 1. The SMILES string of the molecule is Cc1nn(C)c2ncnc(N3CCc4c([nH]c5ccccc45)C3)c12. The largest absolute Gasteiger partial charge is 0.357 e. The lowest BCUT2D eigenvalue weighted by atomic mass is 10.0. The van der Waals surface area contributed by atoms with Gasteiger partial charge in [0, 0.05) is 30.2 Å². The molecule has 120 valence electrons. The van der Waals surface area contributed by atoms with E-state index in [2.05, 4.69) is 49.2 Å². The van der Waals surface area contributed by atoms with Crippen LogP contribution in [0.3, 0.4) is 0 Å². The van der Waals surface area contributed by atoms with Gasteiger partial charge < -0.3 is 9.88 Å². The average Bonchev–Trinajstić information content (AvgIpc) is 3.12. The summed E-state index contributed by atoms with van der Waals surface area (Å²) in [5.41, 5.74) is 5.81. The third-order valence-electron chi connectivity index (χ3n) is 4.96. The van der Waals surface area contributed by atoms with Crippen LogP contribution in [0.25, 0.3) is 21.9 Å². The van der Waals surface area contributed by atoms with Crippen molar-refractivity contribution in [1.82, 2.24) is 24.7 Å². The molecule has 0 aliphatic carbocycles. The molecule has 0 radical (unpaired) electrons. The molecule has 24 heavy (non-hydrogen) atoms. The van der Waals surface area contributed by atoms with Gasteiger partial charge in [-0.3, -0.25) is 4.68 Å². The summed E-state index contributed by atoms with van der Waals surface area (Å²) in [4.78, 5) is 14.9. The Hall–Kier alpha value is -2.89. The second-order valence-electron chi connectivity index (χ2n) is 6.40. The van der Waals surface area contributed by atoms with Crippen LogP contribution >= 0.6 is 0 Å². The van der Waals surface area contributed by atoms with Gasteiger partial charge in [-0.2, -0.15) is 5.10 Å². The van der Waals surface area contributed by atoms with Crippen LogP contribution in [0.4, 0.5) is 5.82 Å². The molecule has 0 unspecified atom stereocenters. The van der Waals surface area contributed by atoms with Crippen LogP contribution in [0, 0.1) is 6.92 Å². The topological polar surface area (TPSA) is 62.6 Å². The highest BCUT2D eigenvalue weighted by Gasteiger charge is 2.24. The zero-order valence-electron chi connectivity index (χ0n) is 13.7. The molecule has 4 heterocycles. The lowest BCUT2D eigenvalue weighted by Gasteiger charge is -2.28. The van der Waals surface area contributed by atoms with Crippen molar-refractivity contribution in [2.24, 2.45) is 7.05 Å². The fourth-order valence-corrected chi connectivity index (χ4v) is 3.87. The Labute approximate surface area is 139 Å². The fraction of sp³-hybridized carbons (Fsp3) is 0.278. The Bertz CT molecular complexity index is 1070. The molecule has 4 aromatic rings. The zero-order chi connectivity index (χ0) is 16.3. The van der Waals surface area contributed by atoms with Crippen molar-refractivity contribution in [3.05, 3.63) is 47.5 Å². The zero-order valence-corrected chi connectivity index (χ0v) is 13.7. The molecule has 0 saturated carbocycles. The number of fused-ring (bicyclic) bond motifs is 4. The molecule has 1 N–H and O–H groups in total. The first-order valence-electron chi connectivity index (χ1n) is 8.20. The maximum atomic E-state index is 4.58. The number of anilines is 1. The maximum absolute atomic E-state index is 4.58. The quantitative estimate of drug-likeness (QED) is 0.586. The standard InChI is InChI=1S/C18H18N6/c1-11-16-17(23(2)22-11)19-10-20-18(16)24-8-7-13-12-5-3-4-6-14(12)21-15(13)9-24/h3-6,10,21H,7-9H2,1-2H3. The van der Waals surface area contributed by atoms with E-state index < -0.39 is 0 Å². The van der Waals surface area contributed by atoms with Crippen LogP contribution in [0.15, 0.2) is 30.6 Å². The van der Waals surface area contributed by atoms with E-state index in [-0.39, 0.29) is 0 Å². The first kappa shape index (κ1) is 13.5. The minimum Gasteiger partial charge on any atom is -0.357 e. The molecule has 5 rings (SSSR count). The first-order valence-corrected chi connectivity index (χ1v) is 8.20. The number of hydrogen-bond donors (Lipinski definition) is 1. The van der Waals surface area contributed by atoms with Crippen molar-refractivity contribution < 1.29 is 0 Å². The van der Waals surface area contributed by atoms with Crippen LogP contribution < -0.4 is 4.90 Å². The van der Waals surface area contributed by atoms with Crippen LogP contribution in [0.1, 0.15) is 17.0 Å². The lowest BCUT2D eigenvalue weighted by molar-refractivity contribution is 0.715. The van der Waals surface area contributed by atoms with Crippen molar-refractivity contribution in [2.75, 3.05) is 11.4 Å². The smallest absolute Gasteiger partial charge is 0.163 e. The van der Waals surface area contributed by atoms with Gasteiger partial charge in [0.05, 0.1) is 17.6 Å². The number of aromatic amines is 1. The van der Waals surface area contributed by atoms with Crippen molar-refractivity contribution >= 4 is 27.8 Å². The first-order chi connectivity index (χ1) is 11.7. The predicted molar refractivity (Wildman–Crippen MR) is 94.1 cm³/mol. The van der Waals surface area contributed by atoms with Gasteiger partial charge in [-0.05, 0) is 25.0 Å². The van der Waals surface area contributed by atoms with E-state index in [4.69, 9.17) is 0 Å². The Morgan fingerprint density at radius 3 is 2.96 bits per heavy atom. The van der Waals surface area contributed by atoms with Gasteiger partial charge in [0.15, 0.2) is 5.65 Å². The summed E-state index contributed by atoms with van der Waals surface area (Å²) in [7, 11) is 1.93. The monoisotopic (exact) mass is 318 g/mol. The number of aromatic nitrogens is 5. The molecule has 0 saturated heterocycles. The van der Waals surface area contributed by atoms with Gasteiger partial charge in [0.2, 0.25) is 0 Å². The number of rotatable bonds is 1. The van der Waals surface area contributed by atoms with E-state index in [1.165, 1.54) is 22.2 Å². The molecular weight excluding hydrogens is 300 g/mol. The fourth-order valence-electron chi connectivity index (χ4n) is 3.87. The van der Waals surface area contributed by atoms with E-state index >= 15 is 0 Å². The number of nitrogens with zero attached hydrogens (tertiary/aromatic N) is 5. The molecular formula is C18H18N6. The summed E-state index contributed by atoms with van der Waals surface area (Å²) in [6, 6.07) is 8.53.